The van der Waals surface area contributed by atoms with E-state index in [1.165, 1.54) is 56.7 Å². The standard InChI is InChI=1S/C25H25FN2O8S/c1-5-36-21-11-10-15(12-20(21)27-24(29)16-8-6-7-9-18(16)26)37(31,32)28-19-14-23(34-3)22(33-2)13-17(19)25(30)35-4/h6-14,28H,5H2,1-4H3,(H,27,29). The summed E-state index contributed by atoms with van der Waals surface area (Å²) in [5.74, 6) is -1.83. The molecular formula is C25H25FN2O8S. The zero-order chi connectivity index (χ0) is 27.2. The van der Waals surface area contributed by atoms with Crippen LogP contribution in [0.4, 0.5) is 15.8 Å². The molecule has 3 aromatic rings. The lowest BCUT2D eigenvalue weighted by Gasteiger charge is -2.17. The van der Waals surface area contributed by atoms with E-state index in [9.17, 15) is 22.4 Å². The molecule has 37 heavy (non-hydrogen) atoms. The van der Waals surface area contributed by atoms with E-state index in [0.717, 1.165) is 19.2 Å². The topological polar surface area (TPSA) is 129 Å². The second-order valence-corrected chi connectivity index (χ2v) is 9.06. The van der Waals surface area contributed by atoms with Gasteiger partial charge in [0.1, 0.15) is 11.6 Å². The van der Waals surface area contributed by atoms with Crippen molar-refractivity contribution in [3.05, 3.63) is 71.5 Å². The van der Waals surface area contributed by atoms with Crippen molar-refractivity contribution in [3.63, 3.8) is 0 Å². The molecule has 0 unspecified atom stereocenters. The van der Waals surface area contributed by atoms with Crippen LogP contribution in [0.3, 0.4) is 0 Å². The summed E-state index contributed by atoms with van der Waals surface area (Å²) >= 11 is 0. The summed E-state index contributed by atoms with van der Waals surface area (Å²) in [5.41, 5.74) is -0.485. The van der Waals surface area contributed by atoms with E-state index >= 15 is 0 Å². The normalized spacial score (nSPS) is 10.8. The number of hydrogen-bond acceptors (Lipinski definition) is 8. The van der Waals surface area contributed by atoms with Gasteiger partial charge in [-0.2, -0.15) is 0 Å². The molecule has 0 aromatic heterocycles. The molecule has 196 valence electrons. The molecule has 0 aliphatic heterocycles. The van der Waals surface area contributed by atoms with E-state index in [1.807, 2.05) is 0 Å². The van der Waals surface area contributed by atoms with Crippen LogP contribution in [0.25, 0.3) is 0 Å². The van der Waals surface area contributed by atoms with Gasteiger partial charge in [0.15, 0.2) is 11.5 Å². The Morgan fingerprint density at radius 1 is 0.865 bits per heavy atom. The third kappa shape index (κ3) is 6.09. The van der Waals surface area contributed by atoms with Crippen LogP contribution in [0, 0.1) is 5.82 Å². The fourth-order valence-electron chi connectivity index (χ4n) is 3.34. The second-order valence-electron chi connectivity index (χ2n) is 7.37. The van der Waals surface area contributed by atoms with Crippen LogP contribution in [-0.4, -0.2) is 48.2 Å². The number of nitrogens with one attached hydrogen (secondary N) is 2. The van der Waals surface area contributed by atoms with Gasteiger partial charge in [0.2, 0.25) is 0 Å². The molecule has 0 bridgehead atoms. The molecule has 0 saturated heterocycles. The van der Waals surface area contributed by atoms with E-state index in [2.05, 4.69) is 10.0 Å². The molecule has 12 heteroatoms. The quantitative estimate of drug-likeness (QED) is 0.374. The largest absolute Gasteiger partial charge is 0.493 e. The highest BCUT2D eigenvalue weighted by Gasteiger charge is 2.24. The molecule has 3 rings (SSSR count). The third-order valence-corrected chi connectivity index (χ3v) is 6.46. The molecule has 10 nitrogen and oxygen atoms in total. The zero-order valence-electron chi connectivity index (χ0n) is 20.5. The average Bonchev–Trinajstić information content (AvgIpc) is 2.88. The highest BCUT2D eigenvalue weighted by molar-refractivity contribution is 7.92. The summed E-state index contributed by atoms with van der Waals surface area (Å²) in [6.07, 6.45) is 0. The predicted molar refractivity (Wildman–Crippen MR) is 134 cm³/mol. The van der Waals surface area contributed by atoms with E-state index in [-0.39, 0.29) is 51.3 Å². The summed E-state index contributed by atoms with van der Waals surface area (Å²) < 4.78 is 63.7. The molecule has 2 N–H and O–H groups in total. The van der Waals surface area contributed by atoms with Crippen LogP contribution in [0.5, 0.6) is 17.2 Å². The molecule has 0 atom stereocenters. The molecule has 0 aliphatic carbocycles. The van der Waals surface area contributed by atoms with Gasteiger partial charge in [-0.05, 0) is 37.3 Å². The van der Waals surface area contributed by atoms with Crippen LogP contribution < -0.4 is 24.2 Å². The molecule has 0 aliphatic rings. The highest BCUT2D eigenvalue weighted by Crippen LogP contribution is 2.35. The van der Waals surface area contributed by atoms with Gasteiger partial charge in [-0.25, -0.2) is 17.6 Å². The van der Waals surface area contributed by atoms with Crippen molar-refractivity contribution >= 4 is 33.3 Å². The van der Waals surface area contributed by atoms with Gasteiger partial charge in [-0.3, -0.25) is 9.52 Å². The van der Waals surface area contributed by atoms with Gasteiger partial charge in [0.25, 0.3) is 15.9 Å². The lowest BCUT2D eigenvalue weighted by atomic mass is 10.1. The Kier molecular flexibility index (Phi) is 8.56. The van der Waals surface area contributed by atoms with Crippen molar-refractivity contribution in [2.45, 2.75) is 11.8 Å². The van der Waals surface area contributed by atoms with Crippen LogP contribution >= 0.6 is 0 Å². The Morgan fingerprint density at radius 2 is 1.54 bits per heavy atom. The summed E-state index contributed by atoms with van der Waals surface area (Å²) in [7, 11) is -0.460. The number of carbonyl (C=O) groups excluding carboxylic acids is 2. The van der Waals surface area contributed by atoms with E-state index in [4.69, 9.17) is 18.9 Å². The third-order valence-electron chi connectivity index (χ3n) is 5.10. The first kappa shape index (κ1) is 27.3. The summed E-state index contributed by atoms with van der Waals surface area (Å²) in [5, 5.41) is 2.49. The van der Waals surface area contributed by atoms with Crippen molar-refractivity contribution in [1.29, 1.82) is 0 Å². The minimum absolute atomic E-state index is 0.00141. The SMILES string of the molecule is CCOc1ccc(S(=O)(=O)Nc2cc(OC)c(OC)cc2C(=O)OC)cc1NC(=O)c1ccccc1F. The number of amides is 1. The number of benzene rings is 3. The van der Waals surface area contributed by atoms with E-state index in [1.54, 1.807) is 6.92 Å². The number of halogens is 1. The molecule has 0 saturated carbocycles. The Morgan fingerprint density at radius 3 is 2.16 bits per heavy atom. The first-order valence-electron chi connectivity index (χ1n) is 10.8. The molecule has 0 radical (unpaired) electrons. The number of carbonyl (C=O) groups is 2. The monoisotopic (exact) mass is 532 g/mol. The number of methoxy groups -OCH3 is 3. The molecule has 0 spiro atoms. The van der Waals surface area contributed by atoms with Gasteiger partial charge < -0.3 is 24.3 Å². The Bertz CT molecular complexity index is 1430. The summed E-state index contributed by atoms with van der Waals surface area (Å²) in [6, 6.07) is 11.7. The molecule has 3 aromatic carbocycles. The van der Waals surface area contributed by atoms with Gasteiger partial charge in [0.05, 0.1) is 55.3 Å². The van der Waals surface area contributed by atoms with Crippen LogP contribution in [0.1, 0.15) is 27.6 Å². The number of hydrogen-bond donors (Lipinski definition) is 2. The second kappa shape index (κ2) is 11.6. The number of esters is 1. The van der Waals surface area contributed by atoms with E-state index < -0.39 is 27.7 Å². The maximum absolute atomic E-state index is 14.1. The van der Waals surface area contributed by atoms with Crippen LogP contribution in [-0.2, 0) is 14.8 Å². The predicted octanol–water partition coefficient (Wildman–Crippen LogP) is 4.08. The van der Waals surface area contributed by atoms with Crippen molar-refractivity contribution < 1.29 is 41.3 Å². The average molecular weight is 533 g/mol. The summed E-state index contributed by atoms with van der Waals surface area (Å²) in [6.45, 7) is 1.93. The van der Waals surface area contributed by atoms with Crippen LogP contribution in [0.15, 0.2) is 59.5 Å². The summed E-state index contributed by atoms with van der Waals surface area (Å²) in [4.78, 5) is 24.7. The van der Waals surface area contributed by atoms with Crippen molar-refractivity contribution in [3.8, 4) is 17.2 Å². The zero-order valence-corrected chi connectivity index (χ0v) is 21.3. The number of anilines is 2. The van der Waals surface area contributed by atoms with Gasteiger partial charge >= 0.3 is 5.97 Å². The maximum Gasteiger partial charge on any atom is 0.340 e. The smallest absolute Gasteiger partial charge is 0.340 e. The van der Waals surface area contributed by atoms with Gasteiger partial charge in [-0.1, -0.05) is 12.1 Å². The molecule has 0 heterocycles. The van der Waals surface area contributed by atoms with Crippen molar-refractivity contribution in [1.82, 2.24) is 0 Å². The highest BCUT2D eigenvalue weighted by atomic mass is 32.2. The maximum atomic E-state index is 14.1. The van der Waals surface area contributed by atoms with Crippen molar-refractivity contribution in [2.75, 3.05) is 38.0 Å². The lowest BCUT2D eigenvalue weighted by Crippen LogP contribution is -2.18. The minimum atomic E-state index is -4.32. The van der Waals surface area contributed by atoms with Gasteiger partial charge in [-0.15, -0.1) is 0 Å². The number of rotatable bonds is 10. The fourth-order valence-corrected chi connectivity index (χ4v) is 4.43. The van der Waals surface area contributed by atoms with Gasteiger partial charge in [0, 0.05) is 12.1 Å². The van der Waals surface area contributed by atoms with E-state index in [0.29, 0.717) is 0 Å². The van der Waals surface area contributed by atoms with Crippen molar-refractivity contribution in [2.24, 2.45) is 0 Å². The minimum Gasteiger partial charge on any atom is -0.493 e. The van der Waals surface area contributed by atoms with Crippen LogP contribution in [0.2, 0.25) is 0 Å². The Hall–Kier alpha value is -4.32. The Balaban J connectivity index is 2.03. The fraction of sp³-hybridized carbons (Fsp3) is 0.200. The molecule has 1 amide bonds. The number of sulfonamides is 1. The first-order valence-corrected chi connectivity index (χ1v) is 12.3. The lowest BCUT2D eigenvalue weighted by molar-refractivity contribution is 0.0601. The molecular weight excluding hydrogens is 507 g/mol. The molecule has 0 fully saturated rings. The number of ether oxygens (including phenoxy) is 4. The Labute approximate surface area is 213 Å². The first-order chi connectivity index (χ1) is 17.6.